The summed E-state index contributed by atoms with van der Waals surface area (Å²) in [6, 6.07) is 0.546. The van der Waals surface area contributed by atoms with Crippen LogP contribution in [0.4, 0.5) is 0 Å². The molecule has 1 aliphatic carbocycles. The van der Waals surface area contributed by atoms with Gasteiger partial charge in [0.25, 0.3) is 0 Å². The van der Waals surface area contributed by atoms with Crippen molar-refractivity contribution in [1.82, 2.24) is 9.80 Å². The van der Waals surface area contributed by atoms with Crippen molar-refractivity contribution < 1.29 is 9.90 Å². The Balaban J connectivity index is 1.72. The Kier molecular flexibility index (Phi) is 3.26. The normalized spacial score (nSPS) is 33.7. The van der Waals surface area contributed by atoms with E-state index in [0.717, 1.165) is 45.6 Å². The van der Waals surface area contributed by atoms with E-state index in [9.17, 15) is 4.79 Å². The predicted molar refractivity (Wildman–Crippen MR) is 57.8 cm³/mol. The maximum Gasteiger partial charge on any atom is 0.306 e. The Hall–Kier alpha value is -0.610. The van der Waals surface area contributed by atoms with Gasteiger partial charge in [0.05, 0.1) is 5.92 Å². The topological polar surface area (TPSA) is 43.8 Å². The van der Waals surface area contributed by atoms with Gasteiger partial charge in [-0.3, -0.25) is 9.69 Å². The van der Waals surface area contributed by atoms with Crippen LogP contribution in [0.2, 0.25) is 0 Å². The summed E-state index contributed by atoms with van der Waals surface area (Å²) in [5.41, 5.74) is 0. The number of rotatable bonds is 3. The van der Waals surface area contributed by atoms with Crippen molar-refractivity contribution in [2.75, 3.05) is 32.7 Å². The molecule has 0 radical (unpaired) electrons. The first-order chi connectivity index (χ1) is 7.20. The molecule has 0 aromatic heterocycles. The summed E-state index contributed by atoms with van der Waals surface area (Å²) < 4.78 is 0. The molecule has 0 bridgehead atoms. The van der Waals surface area contributed by atoms with Crippen LogP contribution in [0.15, 0.2) is 0 Å². The van der Waals surface area contributed by atoms with Crippen LogP contribution in [0.25, 0.3) is 0 Å². The zero-order valence-electron chi connectivity index (χ0n) is 9.35. The van der Waals surface area contributed by atoms with E-state index < -0.39 is 5.97 Å². The van der Waals surface area contributed by atoms with E-state index in [4.69, 9.17) is 5.11 Å². The highest BCUT2D eigenvalue weighted by Crippen LogP contribution is 2.32. The molecule has 0 amide bonds. The van der Waals surface area contributed by atoms with E-state index >= 15 is 0 Å². The molecule has 0 aromatic carbocycles. The molecule has 0 aromatic rings. The number of nitrogens with zero attached hydrogens (tertiary/aromatic N) is 2. The Morgan fingerprint density at radius 1 is 1.27 bits per heavy atom. The summed E-state index contributed by atoms with van der Waals surface area (Å²) >= 11 is 0. The minimum Gasteiger partial charge on any atom is -0.481 e. The average molecular weight is 212 g/mol. The molecule has 1 saturated heterocycles. The van der Waals surface area contributed by atoms with Gasteiger partial charge in [-0.1, -0.05) is 6.92 Å². The van der Waals surface area contributed by atoms with Gasteiger partial charge in [0, 0.05) is 32.2 Å². The van der Waals surface area contributed by atoms with E-state index in [2.05, 4.69) is 16.7 Å². The third-order valence-electron chi connectivity index (χ3n) is 3.83. The van der Waals surface area contributed by atoms with Crippen molar-refractivity contribution in [2.45, 2.75) is 25.8 Å². The maximum absolute atomic E-state index is 10.7. The van der Waals surface area contributed by atoms with Gasteiger partial charge >= 0.3 is 5.97 Å². The first-order valence-electron chi connectivity index (χ1n) is 5.90. The van der Waals surface area contributed by atoms with E-state index in [1.807, 2.05) is 0 Å². The molecule has 2 rings (SSSR count). The van der Waals surface area contributed by atoms with E-state index in [1.54, 1.807) is 0 Å². The molecule has 86 valence electrons. The number of aliphatic carboxylic acids is 1. The lowest BCUT2D eigenvalue weighted by Crippen LogP contribution is -2.54. The Labute approximate surface area is 90.9 Å². The predicted octanol–water partition coefficient (Wildman–Crippen LogP) is 0.487. The molecule has 1 aliphatic heterocycles. The Morgan fingerprint density at radius 3 is 2.33 bits per heavy atom. The molecule has 2 fully saturated rings. The van der Waals surface area contributed by atoms with E-state index in [-0.39, 0.29) is 5.92 Å². The van der Waals surface area contributed by atoms with E-state index in [1.165, 1.54) is 0 Å². The first kappa shape index (κ1) is 10.9. The zero-order valence-corrected chi connectivity index (χ0v) is 9.35. The standard InChI is InChI=1S/C11H20N2O2/c1-2-12-3-5-13(6-4-12)10-7-9(8-10)11(14)15/h9-10H,2-8H2,1H3,(H,14,15). The highest BCUT2D eigenvalue weighted by molar-refractivity contribution is 5.71. The van der Waals surface area contributed by atoms with Crippen molar-refractivity contribution in [3.63, 3.8) is 0 Å². The van der Waals surface area contributed by atoms with Crippen LogP contribution in [0, 0.1) is 5.92 Å². The quantitative estimate of drug-likeness (QED) is 0.739. The third-order valence-corrected chi connectivity index (χ3v) is 3.83. The summed E-state index contributed by atoms with van der Waals surface area (Å²) in [4.78, 5) is 15.6. The molecule has 15 heavy (non-hydrogen) atoms. The SMILES string of the molecule is CCN1CCN(C2CC(C(=O)O)C2)CC1. The van der Waals surface area contributed by atoms with Crippen molar-refractivity contribution >= 4 is 5.97 Å². The molecule has 0 unspecified atom stereocenters. The molecular formula is C11H20N2O2. The summed E-state index contributed by atoms with van der Waals surface area (Å²) in [5, 5.41) is 8.80. The lowest BCUT2D eigenvalue weighted by molar-refractivity contribution is -0.147. The number of likely N-dealkylation sites (N-methyl/N-ethyl adjacent to an activating group) is 1. The number of carboxylic acids is 1. The van der Waals surface area contributed by atoms with Crippen LogP contribution < -0.4 is 0 Å². The lowest BCUT2D eigenvalue weighted by atomic mass is 9.79. The van der Waals surface area contributed by atoms with Crippen LogP contribution >= 0.6 is 0 Å². The average Bonchev–Trinajstić information content (AvgIpc) is 2.16. The number of piperazine rings is 1. The Morgan fingerprint density at radius 2 is 1.87 bits per heavy atom. The maximum atomic E-state index is 10.7. The molecule has 4 nitrogen and oxygen atoms in total. The van der Waals surface area contributed by atoms with Crippen molar-refractivity contribution in [3.05, 3.63) is 0 Å². The van der Waals surface area contributed by atoms with Gasteiger partial charge < -0.3 is 10.0 Å². The van der Waals surface area contributed by atoms with Gasteiger partial charge in [-0.25, -0.2) is 0 Å². The van der Waals surface area contributed by atoms with Gasteiger partial charge in [-0.2, -0.15) is 0 Å². The molecule has 2 aliphatic rings. The first-order valence-corrected chi connectivity index (χ1v) is 5.90. The van der Waals surface area contributed by atoms with Gasteiger partial charge in [0.2, 0.25) is 0 Å². The third kappa shape index (κ3) is 2.32. The minimum absolute atomic E-state index is 0.0702. The van der Waals surface area contributed by atoms with Crippen molar-refractivity contribution in [2.24, 2.45) is 5.92 Å². The molecule has 1 saturated carbocycles. The number of hydrogen-bond donors (Lipinski definition) is 1. The largest absolute Gasteiger partial charge is 0.481 e. The fraction of sp³-hybridized carbons (Fsp3) is 0.909. The molecule has 1 N–H and O–H groups in total. The van der Waals surface area contributed by atoms with Gasteiger partial charge in [0.1, 0.15) is 0 Å². The van der Waals surface area contributed by atoms with Gasteiger partial charge in [0.15, 0.2) is 0 Å². The molecule has 1 heterocycles. The number of hydrogen-bond acceptors (Lipinski definition) is 3. The summed E-state index contributed by atoms with van der Waals surface area (Å²) in [7, 11) is 0. The Bertz CT molecular complexity index is 231. The van der Waals surface area contributed by atoms with Gasteiger partial charge in [-0.05, 0) is 19.4 Å². The second-order valence-corrected chi connectivity index (χ2v) is 4.63. The number of carboxylic acid groups (broad SMARTS) is 1. The van der Waals surface area contributed by atoms with Crippen LogP contribution in [-0.2, 0) is 4.79 Å². The van der Waals surface area contributed by atoms with Crippen LogP contribution in [-0.4, -0.2) is 59.6 Å². The molecule has 0 atom stereocenters. The summed E-state index contributed by atoms with van der Waals surface area (Å²) in [6.07, 6.45) is 1.73. The monoisotopic (exact) mass is 212 g/mol. The number of carbonyl (C=O) groups is 1. The smallest absolute Gasteiger partial charge is 0.306 e. The van der Waals surface area contributed by atoms with Crippen LogP contribution in [0.1, 0.15) is 19.8 Å². The fourth-order valence-corrected chi connectivity index (χ4v) is 2.53. The second kappa shape index (κ2) is 4.49. The molecule has 4 heteroatoms. The van der Waals surface area contributed by atoms with Crippen LogP contribution in [0.5, 0.6) is 0 Å². The highest BCUT2D eigenvalue weighted by Gasteiger charge is 2.38. The summed E-state index contributed by atoms with van der Waals surface area (Å²) in [6.45, 7) is 7.85. The van der Waals surface area contributed by atoms with Gasteiger partial charge in [-0.15, -0.1) is 0 Å². The van der Waals surface area contributed by atoms with Crippen LogP contribution in [0.3, 0.4) is 0 Å². The summed E-state index contributed by atoms with van der Waals surface area (Å²) in [5.74, 6) is -0.683. The van der Waals surface area contributed by atoms with Crippen molar-refractivity contribution in [1.29, 1.82) is 0 Å². The fourth-order valence-electron chi connectivity index (χ4n) is 2.53. The van der Waals surface area contributed by atoms with Crippen molar-refractivity contribution in [3.8, 4) is 0 Å². The molecular weight excluding hydrogens is 192 g/mol. The second-order valence-electron chi connectivity index (χ2n) is 4.63. The highest BCUT2D eigenvalue weighted by atomic mass is 16.4. The lowest BCUT2D eigenvalue weighted by Gasteiger charge is -2.45. The minimum atomic E-state index is -0.613. The molecule has 0 spiro atoms. The zero-order chi connectivity index (χ0) is 10.8. The van der Waals surface area contributed by atoms with E-state index in [0.29, 0.717) is 6.04 Å².